The molecule has 2 N–H and O–H groups in total. The Balaban J connectivity index is 2.18. The molecule has 5 nitrogen and oxygen atoms in total. The van der Waals surface area contributed by atoms with Crippen LogP contribution in [0.5, 0.6) is 5.75 Å². The highest BCUT2D eigenvalue weighted by atomic mass is 16.5. The minimum atomic E-state index is -0.919. The van der Waals surface area contributed by atoms with E-state index in [2.05, 4.69) is 5.32 Å². The van der Waals surface area contributed by atoms with Crippen molar-refractivity contribution in [3.63, 3.8) is 0 Å². The van der Waals surface area contributed by atoms with Crippen LogP contribution in [0.25, 0.3) is 0 Å². The summed E-state index contributed by atoms with van der Waals surface area (Å²) in [5, 5.41) is 12.2. The van der Waals surface area contributed by atoms with Gasteiger partial charge in [-0.25, -0.2) is 0 Å². The van der Waals surface area contributed by atoms with Crippen molar-refractivity contribution in [2.75, 3.05) is 12.4 Å². The number of ether oxygens (including phenoxy) is 1. The van der Waals surface area contributed by atoms with Crippen molar-refractivity contribution in [1.29, 1.82) is 0 Å². The van der Waals surface area contributed by atoms with Gasteiger partial charge in [-0.05, 0) is 38.8 Å². The Morgan fingerprint density at radius 1 is 1.18 bits per heavy atom. The van der Waals surface area contributed by atoms with E-state index in [9.17, 15) is 14.7 Å². The van der Waals surface area contributed by atoms with E-state index < -0.39 is 17.8 Å². The molecule has 1 amide bonds. The van der Waals surface area contributed by atoms with Crippen molar-refractivity contribution in [3.05, 3.63) is 35.4 Å². The van der Waals surface area contributed by atoms with Gasteiger partial charge in [0.2, 0.25) is 5.91 Å². The van der Waals surface area contributed by atoms with Gasteiger partial charge in [0.05, 0.1) is 18.9 Å². The van der Waals surface area contributed by atoms with Crippen LogP contribution in [-0.2, 0) is 9.59 Å². The second-order valence-corrected chi connectivity index (χ2v) is 5.74. The Hall–Kier alpha value is -2.30. The molecule has 2 rings (SSSR count). The number of hydrogen-bond donors (Lipinski definition) is 2. The van der Waals surface area contributed by atoms with Gasteiger partial charge in [-0.3, -0.25) is 9.59 Å². The lowest BCUT2D eigenvalue weighted by Crippen LogP contribution is -2.36. The Kier molecular flexibility index (Phi) is 4.85. The average Bonchev–Trinajstić information content (AvgIpc) is 2.49. The highest BCUT2D eigenvalue weighted by molar-refractivity contribution is 5.95. The third kappa shape index (κ3) is 3.47. The van der Waals surface area contributed by atoms with Crippen LogP contribution in [0.2, 0.25) is 0 Å². The summed E-state index contributed by atoms with van der Waals surface area (Å²) in [5.74, 6) is -1.75. The van der Waals surface area contributed by atoms with Crippen LogP contribution in [-0.4, -0.2) is 24.1 Å². The van der Waals surface area contributed by atoms with Crippen LogP contribution in [0.1, 0.15) is 26.7 Å². The van der Waals surface area contributed by atoms with Gasteiger partial charge in [0.1, 0.15) is 5.75 Å². The van der Waals surface area contributed by atoms with E-state index in [0.29, 0.717) is 24.3 Å². The number of aliphatic carboxylic acids is 1. The summed E-state index contributed by atoms with van der Waals surface area (Å²) in [5.41, 5.74) is 2.78. The molecule has 118 valence electrons. The number of rotatable bonds is 4. The fraction of sp³-hybridized carbons (Fsp3) is 0.412. The third-order valence-corrected chi connectivity index (χ3v) is 4.26. The number of allylic oxidation sites excluding steroid dienone is 2. The molecule has 0 saturated heterocycles. The van der Waals surface area contributed by atoms with E-state index in [1.54, 1.807) is 31.4 Å². The summed E-state index contributed by atoms with van der Waals surface area (Å²) >= 11 is 0. The number of carboxylic acid groups (broad SMARTS) is 1. The van der Waals surface area contributed by atoms with E-state index >= 15 is 0 Å². The molecule has 0 aliphatic heterocycles. The number of carbonyl (C=O) groups is 2. The fourth-order valence-electron chi connectivity index (χ4n) is 2.76. The number of hydrogen-bond acceptors (Lipinski definition) is 3. The molecule has 5 heteroatoms. The molecular weight excluding hydrogens is 282 g/mol. The number of carbonyl (C=O) groups excluding carboxylic acids is 1. The molecule has 0 aromatic heterocycles. The molecule has 1 aliphatic rings. The Bertz CT molecular complexity index is 621. The van der Waals surface area contributed by atoms with E-state index in [4.69, 9.17) is 4.74 Å². The maximum atomic E-state index is 12.5. The smallest absolute Gasteiger partial charge is 0.307 e. The maximum Gasteiger partial charge on any atom is 0.307 e. The largest absolute Gasteiger partial charge is 0.497 e. The number of methoxy groups -OCH3 is 1. The van der Waals surface area contributed by atoms with Crippen LogP contribution in [0.3, 0.4) is 0 Å². The lowest BCUT2D eigenvalue weighted by atomic mass is 9.76. The van der Waals surface area contributed by atoms with Gasteiger partial charge in [0.25, 0.3) is 0 Å². The number of anilines is 1. The number of benzene rings is 1. The predicted octanol–water partition coefficient (Wildman–Crippen LogP) is 3.08. The summed E-state index contributed by atoms with van der Waals surface area (Å²) < 4.78 is 5.12. The van der Waals surface area contributed by atoms with Gasteiger partial charge in [0, 0.05) is 11.8 Å². The lowest BCUT2D eigenvalue weighted by Gasteiger charge is -2.29. The van der Waals surface area contributed by atoms with Gasteiger partial charge >= 0.3 is 5.97 Å². The van der Waals surface area contributed by atoms with E-state index in [-0.39, 0.29) is 5.91 Å². The van der Waals surface area contributed by atoms with Crippen molar-refractivity contribution in [1.82, 2.24) is 0 Å². The third-order valence-electron chi connectivity index (χ3n) is 4.26. The Labute approximate surface area is 130 Å². The second kappa shape index (κ2) is 6.64. The van der Waals surface area contributed by atoms with Gasteiger partial charge in [-0.1, -0.05) is 17.2 Å². The van der Waals surface area contributed by atoms with Crippen molar-refractivity contribution in [3.8, 4) is 5.75 Å². The summed E-state index contributed by atoms with van der Waals surface area (Å²) in [6, 6.07) is 7.03. The van der Waals surface area contributed by atoms with Gasteiger partial charge in [-0.2, -0.15) is 0 Å². The highest BCUT2D eigenvalue weighted by Crippen LogP contribution is 2.35. The summed E-state index contributed by atoms with van der Waals surface area (Å²) in [7, 11) is 1.56. The molecule has 1 aromatic rings. The fourth-order valence-corrected chi connectivity index (χ4v) is 2.76. The van der Waals surface area contributed by atoms with Gasteiger partial charge in [-0.15, -0.1) is 0 Å². The van der Waals surface area contributed by atoms with E-state index in [1.807, 2.05) is 13.8 Å². The molecule has 0 radical (unpaired) electrons. The molecule has 0 spiro atoms. The van der Waals surface area contributed by atoms with Gasteiger partial charge < -0.3 is 15.2 Å². The summed E-state index contributed by atoms with van der Waals surface area (Å²) in [6.07, 6.45) is 0.913. The first-order valence-electron chi connectivity index (χ1n) is 7.25. The van der Waals surface area contributed by atoms with E-state index in [0.717, 1.165) is 11.1 Å². The first-order chi connectivity index (χ1) is 10.4. The minimum absolute atomic E-state index is 0.257. The minimum Gasteiger partial charge on any atom is -0.497 e. The van der Waals surface area contributed by atoms with E-state index in [1.165, 1.54) is 0 Å². The topological polar surface area (TPSA) is 75.6 Å². The van der Waals surface area contributed by atoms with Crippen molar-refractivity contribution < 1.29 is 19.4 Å². The Morgan fingerprint density at radius 3 is 2.41 bits per heavy atom. The zero-order valence-electron chi connectivity index (χ0n) is 13.1. The van der Waals surface area contributed by atoms with Crippen molar-refractivity contribution >= 4 is 17.6 Å². The molecule has 0 heterocycles. The van der Waals surface area contributed by atoms with Crippen LogP contribution >= 0.6 is 0 Å². The molecule has 0 saturated carbocycles. The normalized spacial score (nSPS) is 21.4. The molecule has 1 aromatic carbocycles. The maximum absolute atomic E-state index is 12.5. The number of nitrogens with one attached hydrogen (secondary N) is 1. The van der Waals surface area contributed by atoms with Crippen LogP contribution in [0, 0.1) is 11.8 Å². The zero-order valence-corrected chi connectivity index (χ0v) is 13.1. The molecule has 1 aliphatic carbocycles. The molecule has 0 unspecified atom stereocenters. The molecule has 2 atom stereocenters. The molecular formula is C17H21NO4. The zero-order chi connectivity index (χ0) is 16.3. The summed E-state index contributed by atoms with van der Waals surface area (Å²) in [4.78, 5) is 23.9. The van der Waals surface area contributed by atoms with Crippen molar-refractivity contribution in [2.45, 2.75) is 26.7 Å². The van der Waals surface area contributed by atoms with Gasteiger partial charge in [0.15, 0.2) is 0 Å². The summed E-state index contributed by atoms with van der Waals surface area (Å²) in [6.45, 7) is 3.89. The standard InChI is InChI=1S/C17H21NO4/c1-10-7-14(15(17(20)21)8-11(10)2)16(19)18-12-5-4-6-13(9-12)22-3/h4-6,9,14-15H,7-8H2,1-3H3,(H,18,19)(H,20,21)/t14-,15+/m0/s1. The second-order valence-electron chi connectivity index (χ2n) is 5.74. The Morgan fingerprint density at radius 2 is 1.82 bits per heavy atom. The first kappa shape index (κ1) is 16.1. The first-order valence-corrected chi connectivity index (χ1v) is 7.25. The molecule has 0 fully saturated rings. The highest BCUT2D eigenvalue weighted by Gasteiger charge is 2.37. The van der Waals surface area contributed by atoms with Crippen LogP contribution in [0.15, 0.2) is 35.4 Å². The average molecular weight is 303 g/mol. The molecule has 0 bridgehead atoms. The van der Waals surface area contributed by atoms with Crippen LogP contribution < -0.4 is 10.1 Å². The van der Waals surface area contributed by atoms with Crippen LogP contribution in [0.4, 0.5) is 5.69 Å². The number of amides is 1. The SMILES string of the molecule is COc1cccc(NC(=O)[C@H]2CC(C)=C(C)C[C@H]2C(=O)O)c1. The monoisotopic (exact) mass is 303 g/mol. The predicted molar refractivity (Wildman–Crippen MR) is 83.8 cm³/mol. The quantitative estimate of drug-likeness (QED) is 0.838. The number of carboxylic acids is 1. The van der Waals surface area contributed by atoms with Crippen molar-refractivity contribution in [2.24, 2.45) is 11.8 Å². The molecule has 22 heavy (non-hydrogen) atoms. The lowest BCUT2D eigenvalue weighted by molar-refractivity contribution is -0.146.